The molecule has 2 atom stereocenters. The van der Waals surface area contributed by atoms with Crippen LogP contribution in [0.3, 0.4) is 0 Å². The van der Waals surface area contributed by atoms with Crippen molar-refractivity contribution in [2.24, 2.45) is 5.92 Å². The first-order valence-corrected chi connectivity index (χ1v) is 5.25. The monoisotopic (exact) mass is 183 g/mol. The summed E-state index contributed by atoms with van der Waals surface area (Å²) in [6.45, 7) is 2.31. The van der Waals surface area contributed by atoms with Gasteiger partial charge in [-0.05, 0) is 25.2 Å². The smallest absolute Gasteiger partial charge is 0.205 e. The summed E-state index contributed by atoms with van der Waals surface area (Å²) in [7, 11) is 0. The maximum atomic E-state index is 3.96. The molecule has 66 valence electrons. The van der Waals surface area contributed by atoms with E-state index in [1.807, 2.05) is 0 Å². The molecule has 2 unspecified atom stereocenters. The predicted molar refractivity (Wildman–Crippen MR) is 50.3 cm³/mol. The third-order valence-electron chi connectivity index (χ3n) is 2.38. The molecule has 0 bridgehead atoms. The molecule has 1 aliphatic rings. The molecule has 1 N–H and O–H groups in total. The van der Waals surface area contributed by atoms with Crippen LogP contribution < -0.4 is 5.32 Å². The van der Waals surface area contributed by atoms with Crippen LogP contribution in [0.5, 0.6) is 0 Å². The zero-order valence-corrected chi connectivity index (χ0v) is 7.97. The van der Waals surface area contributed by atoms with Gasteiger partial charge in [-0.25, -0.2) is 0 Å². The molecular weight excluding hydrogens is 170 g/mol. The van der Waals surface area contributed by atoms with Gasteiger partial charge in [0.15, 0.2) is 0 Å². The zero-order valence-electron chi connectivity index (χ0n) is 7.16. The number of anilines is 1. The fourth-order valence-corrected chi connectivity index (χ4v) is 2.27. The lowest BCUT2D eigenvalue weighted by Crippen LogP contribution is -2.14. The Hall–Kier alpha value is -0.640. The quantitative estimate of drug-likeness (QED) is 0.763. The van der Waals surface area contributed by atoms with Crippen LogP contribution in [-0.4, -0.2) is 16.2 Å². The Morgan fingerprint density at radius 2 is 2.50 bits per heavy atom. The van der Waals surface area contributed by atoms with Crippen LogP contribution in [0.1, 0.15) is 26.2 Å². The highest BCUT2D eigenvalue weighted by Crippen LogP contribution is 2.27. The third-order valence-corrected chi connectivity index (χ3v) is 3.00. The molecule has 12 heavy (non-hydrogen) atoms. The summed E-state index contributed by atoms with van der Waals surface area (Å²) in [6.07, 6.45) is 3.90. The molecule has 0 saturated heterocycles. The topological polar surface area (TPSA) is 37.8 Å². The van der Waals surface area contributed by atoms with Crippen LogP contribution in [0.2, 0.25) is 0 Å². The highest BCUT2D eigenvalue weighted by Gasteiger charge is 2.21. The summed E-state index contributed by atoms with van der Waals surface area (Å²) in [5.41, 5.74) is 1.76. The molecule has 4 heteroatoms. The van der Waals surface area contributed by atoms with Gasteiger partial charge in [-0.2, -0.15) is 0 Å². The number of rotatable bonds is 2. The molecule has 0 amide bonds. The van der Waals surface area contributed by atoms with E-state index < -0.39 is 0 Å². The maximum absolute atomic E-state index is 3.96. The van der Waals surface area contributed by atoms with Gasteiger partial charge >= 0.3 is 0 Å². The molecule has 2 rings (SSSR count). The highest BCUT2D eigenvalue weighted by molar-refractivity contribution is 7.13. The first-order valence-electron chi connectivity index (χ1n) is 4.37. The minimum absolute atomic E-state index is 0.632. The Morgan fingerprint density at radius 3 is 3.08 bits per heavy atom. The number of nitrogens with one attached hydrogen (secondary N) is 1. The van der Waals surface area contributed by atoms with E-state index in [-0.39, 0.29) is 0 Å². The number of nitrogens with zero attached hydrogens (tertiary/aromatic N) is 2. The van der Waals surface area contributed by atoms with Crippen molar-refractivity contribution in [3.63, 3.8) is 0 Å². The molecule has 3 nitrogen and oxygen atoms in total. The number of hydrogen-bond donors (Lipinski definition) is 1. The molecule has 1 saturated carbocycles. The van der Waals surface area contributed by atoms with Crippen molar-refractivity contribution >= 4 is 16.5 Å². The van der Waals surface area contributed by atoms with E-state index in [4.69, 9.17) is 0 Å². The summed E-state index contributed by atoms with van der Waals surface area (Å²) in [5, 5.41) is 12.1. The van der Waals surface area contributed by atoms with Gasteiger partial charge in [-0.15, -0.1) is 10.2 Å². The Bertz CT molecular complexity index is 234. The van der Waals surface area contributed by atoms with Crippen LogP contribution in [0.25, 0.3) is 0 Å². The van der Waals surface area contributed by atoms with Crippen molar-refractivity contribution in [2.75, 3.05) is 5.32 Å². The van der Waals surface area contributed by atoms with Gasteiger partial charge in [0.2, 0.25) is 5.13 Å². The Labute approximate surface area is 76.2 Å². The first kappa shape index (κ1) is 7.98. The van der Waals surface area contributed by atoms with E-state index in [9.17, 15) is 0 Å². The normalized spacial score (nSPS) is 29.1. The van der Waals surface area contributed by atoms with Crippen molar-refractivity contribution < 1.29 is 0 Å². The third kappa shape index (κ3) is 1.75. The lowest BCUT2D eigenvalue weighted by atomic mass is 10.1. The van der Waals surface area contributed by atoms with Gasteiger partial charge in [0, 0.05) is 6.04 Å². The van der Waals surface area contributed by atoms with Crippen molar-refractivity contribution in [1.29, 1.82) is 0 Å². The van der Waals surface area contributed by atoms with Crippen molar-refractivity contribution in [3.05, 3.63) is 5.51 Å². The molecular formula is C8H13N3S. The molecule has 0 spiro atoms. The standard InChI is InChI=1S/C8H13N3S/c1-6-2-3-7(4-6)10-8-11-9-5-12-8/h5-7H,2-4H2,1H3,(H,10,11). The SMILES string of the molecule is CC1CCC(Nc2nncs2)C1. The van der Waals surface area contributed by atoms with Crippen LogP contribution >= 0.6 is 11.3 Å². The van der Waals surface area contributed by atoms with E-state index in [2.05, 4.69) is 22.4 Å². The number of hydrogen-bond acceptors (Lipinski definition) is 4. The van der Waals surface area contributed by atoms with Crippen molar-refractivity contribution in [3.8, 4) is 0 Å². The van der Waals surface area contributed by atoms with Crippen LogP contribution in [-0.2, 0) is 0 Å². The lowest BCUT2D eigenvalue weighted by molar-refractivity contribution is 0.602. The highest BCUT2D eigenvalue weighted by atomic mass is 32.1. The second-order valence-corrected chi connectivity index (χ2v) is 4.34. The molecule has 0 aromatic carbocycles. The van der Waals surface area contributed by atoms with Gasteiger partial charge in [0.05, 0.1) is 0 Å². The first-order chi connectivity index (χ1) is 5.84. The lowest BCUT2D eigenvalue weighted by Gasteiger charge is -2.09. The summed E-state index contributed by atoms with van der Waals surface area (Å²) in [6, 6.07) is 0.632. The Balaban J connectivity index is 1.88. The van der Waals surface area contributed by atoms with Crippen molar-refractivity contribution in [1.82, 2.24) is 10.2 Å². The van der Waals surface area contributed by atoms with E-state index >= 15 is 0 Å². The predicted octanol–water partition coefficient (Wildman–Crippen LogP) is 2.14. The summed E-state index contributed by atoms with van der Waals surface area (Å²) in [5.74, 6) is 0.871. The second kappa shape index (κ2) is 3.39. The minimum atomic E-state index is 0.632. The fourth-order valence-electron chi connectivity index (χ4n) is 1.75. The van der Waals surface area contributed by atoms with Crippen molar-refractivity contribution in [2.45, 2.75) is 32.2 Å². The molecule has 0 aliphatic heterocycles. The molecule has 1 heterocycles. The molecule has 0 radical (unpaired) electrons. The fraction of sp³-hybridized carbons (Fsp3) is 0.750. The average Bonchev–Trinajstić information content (AvgIpc) is 2.63. The van der Waals surface area contributed by atoms with Gasteiger partial charge in [-0.3, -0.25) is 0 Å². The van der Waals surface area contributed by atoms with E-state index in [0.717, 1.165) is 11.0 Å². The summed E-state index contributed by atoms with van der Waals surface area (Å²) < 4.78 is 0. The largest absolute Gasteiger partial charge is 0.357 e. The average molecular weight is 183 g/mol. The van der Waals surface area contributed by atoms with E-state index in [0.29, 0.717) is 6.04 Å². The molecule has 1 aromatic heterocycles. The number of aromatic nitrogens is 2. The Kier molecular flexibility index (Phi) is 2.26. The maximum Gasteiger partial charge on any atom is 0.205 e. The van der Waals surface area contributed by atoms with E-state index in [1.54, 1.807) is 16.8 Å². The molecule has 1 aromatic rings. The van der Waals surface area contributed by atoms with Crippen LogP contribution in [0.15, 0.2) is 5.51 Å². The van der Waals surface area contributed by atoms with Gasteiger partial charge < -0.3 is 5.32 Å². The van der Waals surface area contributed by atoms with Crippen LogP contribution in [0.4, 0.5) is 5.13 Å². The molecule has 1 fully saturated rings. The second-order valence-electron chi connectivity index (χ2n) is 3.50. The van der Waals surface area contributed by atoms with Crippen LogP contribution in [0, 0.1) is 5.92 Å². The van der Waals surface area contributed by atoms with Gasteiger partial charge in [-0.1, -0.05) is 18.3 Å². The summed E-state index contributed by atoms with van der Waals surface area (Å²) >= 11 is 1.58. The molecule has 1 aliphatic carbocycles. The zero-order chi connectivity index (χ0) is 8.39. The Morgan fingerprint density at radius 1 is 1.58 bits per heavy atom. The van der Waals surface area contributed by atoms with Gasteiger partial charge in [0.25, 0.3) is 0 Å². The minimum Gasteiger partial charge on any atom is -0.357 e. The summed E-state index contributed by atoms with van der Waals surface area (Å²) in [4.78, 5) is 0. The van der Waals surface area contributed by atoms with Gasteiger partial charge in [0.1, 0.15) is 5.51 Å². The van der Waals surface area contributed by atoms with E-state index in [1.165, 1.54) is 19.3 Å².